The van der Waals surface area contributed by atoms with E-state index in [0.29, 0.717) is 19.2 Å². The van der Waals surface area contributed by atoms with Crippen LogP contribution in [0.4, 0.5) is 5.69 Å². The van der Waals surface area contributed by atoms with E-state index in [0.717, 1.165) is 64.0 Å². The quantitative estimate of drug-likeness (QED) is 0.327. The molecule has 0 radical (unpaired) electrons. The van der Waals surface area contributed by atoms with E-state index in [-0.39, 0.29) is 18.5 Å². The van der Waals surface area contributed by atoms with Crippen molar-refractivity contribution in [3.05, 3.63) is 83.4 Å². The van der Waals surface area contributed by atoms with Gasteiger partial charge in [-0.3, -0.25) is 4.90 Å². The lowest BCUT2D eigenvalue weighted by atomic mass is 9.86. The maximum atomic E-state index is 10.2. The highest BCUT2D eigenvalue weighted by Crippen LogP contribution is 2.47. The zero-order valence-corrected chi connectivity index (χ0v) is 22.5. The number of hydrogen-bond donors (Lipinski definition) is 3. The lowest BCUT2D eigenvalue weighted by Gasteiger charge is -2.31. The molecule has 0 saturated carbocycles. The van der Waals surface area contributed by atoms with Crippen LogP contribution >= 0.6 is 0 Å². The number of aromatic hydroxyl groups is 1. The summed E-state index contributed by atoms with van der Waals surface area (Å²) in [6.07, 6.45) is 0.929. The average Bonchev–Trinajstić information content (AvgIpc) is 3.37. The van der Waals surface area contributed by atoms with Crippen LogP contribution < -0.4 is 14.8 Å². The first-order valence-electron chi connectivity index (χ1n) is 13.6. The van der Waals surface area contributed by atoms with Gasteiger partial charge in [0.25, 0.3) is 0 Å². The number of allylic oxidation sites excluding steroid dienone is 1. The van der Waals surface area contributed by atoms with Gasteiger partial charge in [0, 0.05) is 36.0 Å². The summed E-state index contributed by atoms with van der Waals surface area (Å²) in [5, 5.41) is 22.7. The summed E-state index contributed by atoms with van der Waals surface area (Å²) in [7, 11) is 0. The second kappa shape index (κ2) is 11.5. The monoisotopic (exact) mass is 514 g/mol. The molecule has 5 rings (SSSR count). The Bertz CT molecular complexity index is 1290. The SMILES string of the molecule is CC1=C(c2cccc(O)c2)C(c2ccc(OC[C@H](C)N3CC[C@@H](C)C3)cc2)Oc2ccc(NCCO)cc21. The Morgan fingerprint density at radius 1 is 1.11 bits per heavy atom. The van der Waals surface area contributed by atoms with Gasteiger partial charge < -0.3 is 25.0 Å². The van der Waals surface area contributed by atoms with E-state index >= 15 is 0 Å². The van der Waals surface area contributed by atoms with Crippen LogP contribution in [0.2, 0.25) is 0 Å². The summed E-state index contributed by atoms with van der Waals surface area (Å²) in [6.45, 7) is 10.1. The highest BCUT2D eigenvalue weighted by atomic mass is 16.5. The number of aliphatic hydroxyl groups is 1. The fourth-order valence-corrected chi connectivity index (χ4v) is 5.47. The lowest BCUT2D eigenvalue weighted by Crippen LogP contribution is -2.35. The largest absolute Gasteiger partial charge is 0.508 e. The standard InChI is InChI=1S/C32H38N2O4/c1-21-13-15-34(19-21)22(2)20-37-28-10-7-24(8-11-28)32-31(25-5-4-6-27(36)17-25)23(3)29-18-26(33-14-16-35)9-12-30(29)38-32/h4-12,17-18,21-22,32-33,35-36H,13-16,19-20H2,1-3H3/t21-,22+,32?/m1/s1. The van der Waals surface area contributed by atoms with Crippen LogP contribution in [-0.2, 0) is 0 Å². The topological polar surface area (TPSA) is 74.2 Å². The van der Waals surface area contributed by atoms with Crippen LogP contribution in [0.3, 0.4) is 0 Å². The fourth-order valence-electron chi connectivity index (χ4n) is 5.47. The number of fused-ring (bicyclic) bond motifs is 1. The van der Waals surface area contributed by atoms with Crippen LogP contribution in [0.1, 0.15) is 50.0 Å². The normalized spacial score (nSPS) is 20.1. The number of anilines is 1. The number of likely N-dealkylation sites (tertiary alicyclic amines) is 1. The first-order valence-corrected chi connectivity index (χ1v) is 13.6. The average molecular weight is 515 g/mol. The predicted molar refractivity (Wildman–Crippen MR) is 153 cm³/mol. The molecule has 0 aromatic heterocycles. The third-order valence-electron chi connectivity index (χ3n) is 7.65. The maximum Gasteiger partial charge on any atom is 0.150 e. The minimum atomic E-state index is -0.334. The van der Waals surface area contributed by atoms with Crippen LogP contribution in [0.25, 0.3) is 11.1 Å². The van der Waals surface area contributed by atoms with Gasteiger partial charge in [0.15, 0.2) is 0 Å². The fraction of sp³-hybridized carbons (Fsp3) is 0.375. The maximum absolute atomic E-state index is 10.2. The number of nitrogens with zero attached hydrogens (tertiary/aromatic N) is 1. The van der Waals surface area contributed by atoms with Crippen molar-refractivity contribution in [2.45, 2.75) is 39.3 Å². The molecule has 1 unspecified atom stereocenters. The van der Waals surface area contributed by atoms with Crippen molar-refractivity contribution < 1.29 is 19.7 Å². The Morgan fingerprint density at radius 2 is 1.92 bits per heavy atom. The molecule has 3 atom stereocenters. The number of hydrogen-bond acceptors (Lipinski definition) is 6. The Kier molecular flexibility index (Phi) is 7.91. The minimum absolute atomic E-state index is 0.0646. The van der Waals surface area contributed by atoms with Crippen LogP contribution in [-0.4, -0.2) is 54.0 Å². The van der Waals surface area contributed by atoms with Gasteiger partial charge in [-0.25, -0.2) is 0 Å². The van der Waals surface area contributed by atoms with Crippen molar-refractivity contribution in [3.8, 4) is 17.2 Å². The number of aliphatic hydroxyl groups excluding tert-OH is 1. The lowest BCUT2D eigenvalue weighted by molar-refractivity contribution is 0.169. The smallest absolute Gasteiger partial charge is 0.150 e. The molecular formula is C32H38N2O4. The number of benzene rings is 3. The third-order valence-corrected chi connectivity index (χ3v) is 7.65. The number of nitrogens with one attached hydrogen (secondary N) is 1. The molecule has 6 heteroatoms. The van der Waals surface area contributed by atoms with E-state index in [1.807, 2.05) is 36.4 Å². The molecule has 6 nitrogen and oxygen atoms in total. The van der Waals surface area contributed by atoms with Gasteiger partial charge in [0.2, 0.25) is 0 Å². The number of rotatable bonds is 9. The first-order chi connectivity index (χ1) is 18.4. The van der Waals surface area contributed by atoms with Crippen molar-refractivity contribution >= 4 is 16.8 Å². The zero-order chi connectivity index (χ0) is 26.6. The minimum Gasteiger partial charge on any atom is -0.508 e. The summed E-state index contributed by atoms with van der Waals surface area (Å²) >= 11 is 0. The van der Waals surface area contributed by atoms with Gasteiger partial charge in [-0.15, -0.1) is 0 Å². The molecule has 0 bridgehead atoms. The Hall–Kier alpha value is -3.48. The van der Waals surface area contributed by atoms with Gasteiger partial charge in [0.05, 0.1) is 6.61 Å². The second-order valence-electron chi connectivity index (χ2n) is 10.6. The highest BCUT2D eigenvalue weighted by Gasteiger charge is 2.30. The first kappa shape index (κ1) is 26.1. The zero-order valence-electron chi connectivity index (χ0n) is 22.5. The van der Waals surface area contributed by atoms with E-state index in [9.17, 15) is 10.2 Å². The molecule has 200 valence electrons. The number of ether oxygens (including phenoxy) is 2. The molecule has 38 heavy (non-hydrogen) atoms. The van der Waals surface area contributed by atoms with E-state index in [4.69, 9.17) is 9.47 Å². The van der Waals surface area contributed by atoms with Crippen LogP contribution in [0.5, 0.6) is 17.2 Å². The number of phenols is 1. The molecule has 1 saturated heterocycles. The summed E-state index contributed by atoms with van der Waals surface area (Å²) in [5.41, 5.74) is 5.95. The van der Waals surface area contributed by atoms with E-state index in [2.05, 4.69) is 49.2 Å². The molecule has 3 aromatic carbocycles. The molecule has 2 heterocycles. The molecule has 3 N–H and O–H groups in total. The third kappa shape index (κ3) is 5.66. The van der Waals surface area contributed by atoms with Gasteiger partial charge >= 0.3 is 0 Å². The van der Waals surface area contributed by atoms with Crippen molar-refractivity contribution in [2.24, 2.45) is 5.92 Å². The molecule has 0 aliphatic carbocycles. The summed E-state index contributed by atoms with van der Waals surface area (Å²) < 4.78 is 12.8. The van der Waals surface area contributed by atoms with Crippen LogP contribution in [0, 0.1) is 5.92 Å². The van der Waals surface area contributed by atoms with Crippen molar-refractivity contribution in [1.82, 2.24) is 4.90 Å². The van der Waals surface area contributed by atoms with Crippen molar-refractivity contribution in [1.29, 1.82) is 0 Å². The summed E-state index contributed by atoms with van der Waals surface area (Å²) in [6, 6.07) is 21.9. The van der Waals surface area contributed by atoms with Crippen LogP contribution in [0.15, 0.2) is 66.7 Å². The van der Waals surface area contributed by atoms with E-state index in [1.54, 1.807) is 12.1 Å². The molecule has 1 fully saturated rings. The predicted octanol–water partition coefficient (Wildman–Crippen LogP) is 5.97. The van der Waals surface area contributed by atoms with E-state index < -0.39 is 0 Å². The molecular weight excluding hydrogens is 476 g/mol. The summed E-state index contributed by atoms with van der Waals surface area (Å²) in [4.78, 5) is 2.51. The Balaban J connectivity index is 1.41. The Labute approximate surface area is 225 Å². The van der Waals surface area contributed by atoms with Gasteiger partial charge in [0.1, 0.15) is 30.0 Å². The molecule has 2 aliphatic rings. The Morgan fingerprint density at radius 3 is 2.63 bits per heavy atom. The molecule has 3 aromatic rings. The van der Waals surface area contributed by atoms with Gasteiger partial charge in [-0.1, -0.05) is 31.2 Å². The molecule has 0 amide bonds. The second-order valence-corrected chi connectivity index (χ2v) is 10.6. The van der Waals surface area contributed by atoms with Crippen molar-refractivity contribution in [3.63, 3.8) is 0 Å². The van der Waals surface area contributed by atoms with Gasteiger partial charge in [-0.2, -0.15) is 0 Å². The van der Waals surface area contributed by atoms with E-state index in [1.165, 1.54) is 6.42 Å². The molecule has 0 spiro atoms. The number of phenolic OH excluding ortho intramolecular Hbond substituents is 1. The highest BCUT2D eigenvalue weighted by molar-refractivity contribution is 5.96. The molecule has 2 aliphatic heterocycles. The van der Waals surface area contributed by atoms with Crippen molar-refractivity contribution in [2.75, 3.05) is 38.2 Å². The summed E-state index contributed by atoms with van der Waals surface area (Å²) in [5.74, 6) is 2.64. The van der Waals surface area contributed by atoms with Gasteiger partial charge in [-0.05, 0) is 91.9 Å².